The van der Waals surface area contributed by atoms with Crippen molar-refractivity contribution >= 4 is 23.0 Å². The maximum absolute atomic E-state index is 12.8. The molecule has 0 unspecified atom stereocenters. The molecule has 2 atom stereocenters. The van der Waals surface area contributed by atoms with Gasteiger partial charge >= 0.3 is 0 Å². The van der Waals surface area contributed by atoms with Gasteiger partial charge in [0.2, 0.25) is 5.91 Å². The van der Waals surface area contributed by atoms with Gasteiger partial charge in [0, 0.05) is 37.7 Å². The average Bonchev–Trinajstić information content (AvgIpc) is 3.35. The molecule has 0 spiro atoms. The Morgan fingerprint density at radius 1 is 1.20 bits per heavy atom. The van der Waals surface area contributed by atoms with Crippen LogP contribution in [0.2, 0.25) is 0 Å². The van der Waals surface area contributed by atoms with Gasteiger partial charge in [-0.15, -0.1) is 0 Å². The van der Waals surface area contributed by atoms with Crippen LogP contribution in [-0.2, 0) is 4.79 Å². The molecular weight excluding hydrogens is 318 g/mol. The Hall–Kier alpha value is -2.44. The topological polar surface area (TPSA) is 80.1 Å². The minimum absolute atomic E-state index is 0.0199. The molecule has 3 fully saturated rings. The number of likely N-dealkylation sites (tertiary alicyclic amines) is 1. The molecule has 1 N–H and O–H groups in total. The lowest BCUT2D eigenvalue weighted by Gasteiger charge is -2.17. The third-order valence-corrected chi connectivity index (χ3v) is 5.90. The summed E-state index contributed by atoms with van der Waals surface area (Å²) in [4.78, 5) is 35.1. The highest BCUT2D eigenvalue weighted by Crippen LogP contribution is 2.32. The van der Waals surface area contributed by atoms with E-state index in [0.29, 0.717) is 31.1 Å². The third kappa shape index (κ3) is 2.41. The van der Waals surface area contributed by atoms with Gasteiger partial charge < -0.3 is 14.8 Å². The minimum Gasteiger partial charge on any atom is -0.351 e. The number of fused-ring (bicyclic) bond motifs is 2. The quantitative estimate of drug-likeness (QED) is 0.899. The molecule has 2 saturated heterocycles. The van der Waals surface area contributed by atoms with E-state index in [1.54, 1.807) is 6.20 Å². The second-order valence-corrected chi connectivity index (χ2v) is 7.51. The first kappa shape index (κ1) is 14.9. The second kappa shape index (κ2) is 5.54. The van der Waals surface area contributed by atoms with Gasteiger partial charge in [0.15, 0.2) is 5.65 Å². The van der Waals surface area contributed by atoms with Gasteiger partial charge in [0.1, 0.15) is 5.52 Å². The van der Waals surface area contributed by atoms with Crippen molar-refractivity contribution in [1.29, 1.82) is 0 Å². The van der Waals surface area contributed by atoms with E-state index in [1.165, 1.54) is 25.7 Å². The first-order chi connectivity index (χ1) is 12.2. The lowest BCUT2D eigenvalue weighted by atomic mass is 10.1. The van der Waals surface area contributed by atoms with Crippen molar-refractivity contribution in [3.8, 4) is 0 Å². The average molecular weight is 339 g/mol. The molecule has 2 amide bonds. The molecular formula is C18H21N5O2. The molecule has 1 saturated carbocycles. The van der Waals surface area contributed by atoms with E-state index in [4.69, 9.17) is 0 Å². The zero-order valence-electron chi connectivity index (χ0n) is 14.0. The number of hydrogen-bond donors (Lipinski definition) is 1. The van der Waals surface area contributed by atoms with Crippen molar-refractivity contribution in [3.63, 3.8) is 0 Å². The van der Waals surface area contributed by atoms with Crippen LogP contribution in [0.4, 0.5) is 0 Å². The molecule has 0 bridgehead atoms. The Bertz CT molecular complexity index is 838. The van der Waals surface area contributed by atoms with Crippen molar-refractivity contribution in [3.05, 3.63) is 24.2 Å². The fourth-order valence-electron chi connectivity index (χ4n) is 4.58. The summed E-state index contributed by atoms with van der Waals surface area (Å²) in [7, 11) is 0. The van der Waals surface area contributed by atoms with Gasteiger partial charge in [0.05, 0.1) is 17.9 Å². The molecule has 1 aliphatic carbocycles. The Labute approximate surface area is 145 Å². The van der Waals surface area contributed by atoms with Crippen LogP contribution < -0.4 is 5.32 Å². The summed E-state index contributed by atoms with van der Waals surface area (Å²) in [6, 6.07) is 2.44. The summed E-state index contributed by atoms with van der Waals surface area (Å²) in [5.41, 5.74) is 2.23. The number of nitrogens with zero attached hydrogens (tertiary/aromatic N) is 4. The highest BCUT2D eigenvalue weighted by molar-refractivity contribution is 5.96. The van der Waals surface area contributed by atoms with E-state index in [0.717, 1.165) is 11.2 Å². The number of carbonyl (C=O) groups is 2. The van der Waals surface area contributed by atoms with E-state index < -0.39 is 0 Å². The summed E-state index contributed by atoms with van der Waals surface area (Å²) >= 11 is 0. The highest BCUT2D eigenvalue weighted by Gasteiger charge is 2.41. The Morgan fingerprint density at radius 3 is 2.84 bits per heavy atom. The molecule has 2 aromatic rings. The van der Waals surface area contributed by atoms with E-state index in [2.05, 4.69) is 19.9 Å². The summed E-state index contributed by atoms with van der Waals surface area (Å²) in [6.45, 7) is 1.22. The monoisotopic (exact) mass is 339 g/mol. The van der Waals surface area contributed by atoms with Crippen molar-refractivity contribution in [2.45, 2.75) is 44.2 Å². The van der Waals surface area contributed by atoms with Crippen molar-refractivity contribution < 1.29 is 9.59 Å². The number of carbonyl (C=O) groups excluding carboxylic acids is 2. The Kier molecular flexibility index (Phi) is 3.29. The van der Waals surface area contributed by atoms with Gasteiger partial charge in [-0.3, -0.25) is 9.59 Å². The third-order valence-electron chi connectivity index (χ3n) is 5.90. The molecule has 4 heterocycles. The predicted octanol–water partition coefficient (Wildman–Crippen LogP) is 1.51. The molecule has 0 radical (unpaired) electrons. The van der Waals surface area contributed by atoms with Crippen molar-refractivity contribution in [2.75, 3.05) is 13.1 Å². The van der Waals surface area contributed by atoms with Crippen LogP contribution in [0.3, 0.4) is 0 Å². The zero-order chi connectivity index (χ0) is 17.0. The maximum Gasteiger partial charge on any atom is 0.255 e. The highest BCUT2D eigenvalue weighted by atomic mass is 16.2. The number of hydrogen-bond acceptors (Lipinski definition) is 4. The van der Waals surface area contributed by atoms with Crippen molar-refractivity contribution in [2.24, 2.45) is 5.92 Å². The van der Waals surface area contributed by atoms with Gasteiger partial charge in [-0.25, -0.2) is 9.97 Å². The van der Waals surface area contributed by atoms with Crippen LogP contribution >= 0.6 is 0 Å². The number of nitrogens with one attached hydrogen (secondary N) is 1. The molecule has 3 aliphatic rings. The Balaban J connectivity index is 1.38. The molecule has 7 nitrogen and oxygen atoms in total. The standard InChI is InChI=1S/C18H21N5O2/c24-16-6-12-8-22(9-15(12)21-16)18(25)11-5-14-17(19-7-11)23(10-20-14)13-3-1-2-4-13/h5,7,10,12-13,15H,1-4,6,8-9H2,(H,21,24)/t12-,15+/m0/s1. The van der Waals surface area contributed by atoms with E-state index in [-0.39, 0.29) is 23.8 Å². The first-order valence-electron chi connectivity index (χ1n) is 9.10. The van der Waals surface area contributed by atoms with E-state index in [1.807, 2.05) is 17.3 Å². The zero-order valence-corrected chi connectivity index (χ0v) is 14.0. The van der Waals surface area contributed by atoms with E-state index >= 15 is 0 Å². The number of imidazole rings is 1. The fourth-order valence-corrected chi connectivity index (χ4v) is 4.58. The van der Waals surface area contributed by atoms with Gasteiger partial charge in [-0.05, 0) is 18.9 Å². The van der Waals surface area contributed by atoms with Gasteiger partial charge in [-0.2, -0.15) is 0 Å². The SMILES string of the molecule is O=C1C[C@H]2CN(C(=O)c3cnc4c(c3)ncn4C3CCCC3)C[C@H]2N1. The summed E-state index contributed by atoms with van der Waals surface area (Å²) in [5, 5.41) is 2.95. The maximum atomic E-state index is 12.8. The summed E-state index contributed by atoms with van der Waals surface area (Å²) in [6.07, 6.45) is 8.93. The van der Waals surface area contributed by atoms with Crippen molar-refractivity contribution in [1.82, 2.24) is 24.8 Å². The number of amides is 2. The predicted molar refractivity (Wildman–Crippen MR) is 91.0 cm³/mol. The minimum atomic E-state index is -0.0199. The number of pyridine rings is 1. The number of rotatable bonds is 2. The molecule has 7 heteroatoms. The van der Waals surface area contributed by atoms with Crippen LogP contribution in [0.25, 0.3) is 11.2 Å². The molecule has 130 valence electrons. The fraction of sp³-hybridized carbons (Fsp3) is 0.556. The summed E-state index contributed by atoms with van der Waals surface area (Å²) < 4.78 is 2.16. The van der Waals surface area contributed by atoms with Crippen LogP contribution in [-0.4, -0.2) is 50.4 Å². The molecule has 2 aromatic heterocycles. The van der Waals surface area contributed by atoms with Crippen LogP contribution in [0.5, 0.6) is 0 Å². The lowest BCUT2D eigenvalue weighted by Crippen LogP contribution is -2.35. The molecule has 5 rings (SSSR count). The second-order valence-electron chi connectivity index (χ2n) is 7.51. The van der Waals surface area contributed by atoms with Gasteiger partial charge in [0.25, 0.3) is 5.91 Å². The summed E-state index contributed by atoms with van der Waals surface area (Å²) in [5.74, 6) is 0.325. The number of aromatic nitrogens is 3. The van der Waals surface area contributed by atoms with Crippen LogP contribution in [0.15, 0.2) is 18.6 Å². The van der Waals surface area contributed by atoms with E-state index in [9.17, 15) is 9.59 Å². The van der Waals surface area contributed by atoms with Crippen LogP contribution in [0.1, 0.15) is 48.5 Å². The Morgan fingerprint density at radius 2 is 2.04 bits per heavy atom. The normalized spacial score (nSPS) is 26.4. The lowest BCUT2D eigenvalue weighted by molar-refractivity contribution is -0.119. The largest absolute Gasteiger partial charge is 0.351 e. The molecule has 2 aliphatic heterocycles. The molecule has 25 heavy (non-hydrogen) atoms. The molecule has 0 aromatic carbocycles. The first-order valence-corrected chi connectivity index (χ1v) is 9.10. The van der Waals surface area contributed by atoms with Gasteiger partial charge in [-0.1, -0.05) is 12.8 Å². The van der Waals surface area contributed by atoms with Crippen LogP contribution in [0, 0.1) is 5.92 Å². The smallest absolute Gasteiger partial charge is 0.255 e.